The molecule has 1 aliphatic rings. The molecule has 1 N–H and O–H groups in total. The van der Waals surface area contributed by atoms with Crippen LogP contribution in [0.15, 0.2) is 60.7 Å². The lowest BCUT2D eigenvalue weighted by Gasteiger charge is -2.25. The third kappa shape index (κ3) is 3.28. The van der Waals surface area contributed by atoms with Gasteiger partial charge in [0.2, 0.25) is 5.91 Å². The molecule has 3 atom stereocenters. The maximum atomic E-state index is 12.8. The minimum atomic E-state index is -0.931. The summed E-state index contributed by atoms with van der Waals surface area (Å²) in [6.45, 7) is 1.93. The Morgan fingerprint density at radius 3 is 2.24 bits per heavy atom. The van der Waals surface area contributed by atoms with E-state index in [0.717, 1.165) is 5.56 Å². The van der Waals surface area contributed by atoms with Crippen molar-refractivity contribution < 1.29 is 14.7 Å². The molecule has 1 aliphatic heterocycles. The molecule has 2 aromatic rings. The van der Waals surface area contributed by atoms with Crippen LogP contribution in [0, 0.1) is 0 Å². The fourth-order valence-electron chi connectivity index (χ4n) is 3.29. The van der Waals surface area contributed by atoms with E-state index in [4.69, 9.17) is 0 Å². The van der Waals surface area contributed by atoms with Crippen LogP contribution in [-0.2, 0) is 4.79 Å². The molecular weight excluding hydrogens is 316 g/mol. The van der Waals surface area contributed by atoms with Crippen LogP contribution in [0.1, 0.15) is 36.6 Å². The molecule has 1 heterocycles. The van der Waals surface area contributed by atoms with Gasteiger partial charge in [0.1, 0.15) is 0 Å². The molecule has 0 radical (unpaired) electrons. The van der Waals surface area contributed by atoms with Crippen molar-refractivity contribution in [2.75, 3.05) is 7.05 Å². The molecule has 5 heteroatoms. The average molecular weight is 338 g/mol. The zero-order valence-corrected chi connectivity index (χ0v) is 14.4. The highest BCUT2D eigenvalue weighted by atomic mass is 16.3. The van der Waals surface area contributed by atoms with Gasteiger partial charge in [-0.05, 0) is 18.1 Å². The van der Waals surface area contributed by atoms with Gasteiger partial charge in [-0.2, -0.15) is 0 Å². The molecular formula is C20H22N2O3. The van der Waals surface area contributed by atoms with Gasteiger partial charge in [-0.15, -0.1) is 0 Å². The van der Waals surface area contributed by atoms with E-state index in [-0.39, 0.29) is 30.4 Å². The second-order valence-electron chi connectivity index (χ2n) is 6.38. The van der Waals surface area contributed by atoms with E-state index in [1.807, 2.05) is 55.5 Å². The predicted molar refractivity (Wildman–Crippen MR) is 94.7 cm³/mol. The highest BCUT2D eigenvalue weighted by Crippen LogP contribution is 2.35. The second-order valence-corrected chi connectivity index (χ2v) is 6.38. The number of imide groups is 1. The Labute approximate surface area is 147 Å². The lowest BCUT2D eigenvalue weighted by Crippen LogP contribution is -2.37. The van der Waals surface area contributed by atoms with E-state index in [2.05, 4.69) is 0 Å². The first kappa shape index (κ1) is 17.2. The first-order valence-corrected chi connectivity index (χ1v) is 8.37. The first-order chi connectivity index (χ1) is 12.0. The maximum absolute atomic E-state index is 12.8. The van der Waals surface area contributed by atoms with Gasteiger partial charge < -0.3 is 10.0 Å². The van der Waals surface area contributed by atoms with E-state index in [1.54, 1.807) is 24.1 Å². The van der Waals surface area contributed by atoms with Crippen LogP contribution in [0.5, 0.6) is 0 Å². The number of nitrogens with zero attached hydrogens (tertiary/aromatic N) is 2. The number of rotatable bonds is 4. The summed E-state index contributed by atoms with van der Waals surface area (Å²) in [5.41, 5.74) is 1.58. The number of benzene rings is 2. The van der Waals surface area contributed by atoms with Crippen molar-refractivity contribution in [3.05, 3.63) is 71.8 Å². The summed E-state index contributed by atoms with van der Waals surface area (Å²) < 4.78 is 0. The Hall–Kier alpha value is -2.66. The summed E-state index contributed by atoms with van der Waals surface area (Å²) >= 11 is 0. The summed E-state index contributed by atoms with van der Waals surface area (Å²) in [7, 11) is 1.70. The Bertz CT molecular complexity index is 748. The van der Waals surface area contributed by atoms with Crippen molar-refractivity contribution >= 4 is 11.9 Å². The molecule has 25 heavy (non-hydrogen) atoms. The van der Waals surface area contributed by atoms with Gasteiger partial charge >= 0.3 is 6.03 Å². The van der Waals surface area contributed by atoms with Crippen molar-refractivity contribution in [2.24, 2.45) is 0 Å². The van der Waals surface area contributed by atoms with Crippen LogP contribution < -0.4 is 0 Å². The molecule has 0 bridgehead atoms. The number of hydrogen-bond donors (Lipinski definition) is 1. The van der Waals surface area contributed by atoms with Crippen LogP contribution in [0.4, 0.5) is 4.79 Å². The Balaban J connectivity index is 1.85. The van der Waals surface area contributed by atoms with E-state index in [0.29, 0.717) is 5.56 Å². The summed E-state index contributed by atoms with van der Waals surface area (Å²) in [5, 5.41) is 10.4. The van der Waals surface area contributed by atoms with E-state index in [1.165, 1.54) is 4.90 Å². The number of amides is 3. The van der Waals surface area contributed by atoms with Crippen molar-refractivity contribution in [1.29, 1.82) is 0 Å². The van der Waals surface area contributed by atoms with Crippen LogP contribution in [0.25, 0.3) is 0 Å². The Kier molecular flexibility index (Phi) is 4.86. The number of carbonyl (C=O) groups excluding carboxylic acids is 2. The van der Waals surface area contributed by atoms with Crippen LogP contribution in [-0.4, -0.2) is 39.9 Å². The number of carbonyl (C=O) groups is 2. The van der Waals surface area contributed by atoms with Crippen LogP contribution in [0.2, 0.25) is 0 Å². The number of hydrogen-bond acceptors (Lipinski definition) is 3. The molecule has 1 saturated heterocycles. The smallest absolute Gasteiger partial charge is 0.327 e. The zero-order chi connectivity index (χ0) is 18.0. The van der Waals surface area contributed by atoms with Gasteiger partial charge in [0.25, 0.3) is 0 Å². The molecule has 0 aromatic heterocycles. The largest absolute Gasteiger partial charge is 0.388 e. The number of aliphatic hydroxyl groups excluding tert-OH is 1. The van der Waals surface area contributed by atoms with Crippen LogP contribution >= 0.6 is 0 Å². The Morgan fingerprint density at radius 2 is 1.64 bits per heavy atom. The van der Waals surface area contributed by atoms with Gasteiger partial charge in [0.15, 0.2) is 0 Å². The number of aliphatic hydroxyl groups is 1. The van der Waals surface area contributed by atoms with Crippen molar-refractivity contribution in [1.82, 2.24) is 9.80 Å². The molecule has 1 fully saturated rings. The fourth-order valence-corrected chi connectivity index (χ4v) is 3.29. The molecule has 0 spiro atoms. The first-order valence-electron chi connectivity index (χ1n) is 8.37. The fraction of sp³-hybridized carbons (Fsp3) is 0.300. The van der Waals surface area contributed by atoms with E-state index >= 15 is 0 Å². The molecule has 130 valence electrons. The van der Waals surface area contributed by atoms with Gasteiger partial charge in [0, 0.05) is 7.05 Å². The average Bonchev–Trinajstić information content (AvgIpc) is 2.87. The quantitative estimate of drug-likeness (QED) is 0.932. The molecule has 3 amide bonds. The summed E-state index contributed by atoms with van der Waals surface area (Å²) in [4.78, 5) is 28.3. The topological polar surface area (TPSA) is 60.9 Å². The van der Waals surface area contributed by atoms with E-state index in [9.17, 15) is 14.7 Å². The molecule has 0 saturated carbocycles. The molecule has 3 rings (SSSR count). The maximum Gasteiger partial charge on any atom is 0.327 e. The molecule has 5 nitrogen and oxygen atoms in total. The molecule has 0 aliphatic carbocycles. The van der Waals surface area contributed by atoms with Gasteiger partial charge in [-0.1, -0.05) is 60.7 Å². The van der Waals surface area contributed by atoms with E-state index < -0.39 is 6.10 Å². The Morgan fingerprint density at radius 1 is 1.08 bits per heavy atom. The minimum Gasteiger partial charge on any atom is -0.388 e. The normalized spacial score (nSPS) is 21.5. The highest BCUT2D eigenvalue weighted by Gasteiger charge is 2.45. The lowest BCUT2D eigenvalue weighted by molar-refractivity contribution is -0.131. The SMILES string of the molecule is C[C@H]1[C@@H](c2ccccc2)N(C(=O)C[C@H](O)c2ccccc2)C(=O)N1C. The van der Waals surface area contributed by atoms with Crippen LogP contribution in [0.3, 0.4) is 0 Å². The molecule has 2 aromatic carbocycles. The predicted octanol–water partition coefficient (Wildman–Crippen LogP) is 3.13. The zero-order valence-electron chi connectivity index (χ0n) is 14.4. The summed E-state index contributed by atoms with van der Waals surface area (Å²) in [5.74, 6) is -0.369. The monoisotopic (exact) mass is 338 g/mol. The van der Waals surface area contributed by atoms with Gasteiger partial charge in [-0.25, -0.2) is 4.79 Å². The molecule has 0 unspecified atom stereocenters. The van der Waals surface area contributed by atoms with Crippen molar-refractivity contribution in [3.63, 3.8) is 0 Å². The number of urea groups is 1. The van der Waals surface area contributed by atoms with Gasteiger partial charge in [-0.3, -0.25) is 9.69 Å². The third-order valence-corrected chi connectivity index (χ3v) is 4.82. The second kappa shape index (κ2) is 7.07. The summed E-state index contributed by atoms with van der Waals surface area (Å²) in [6.07, 6.45) is -1.06. The van der Waals surface area contributed by atoms with Crippen molar-refractivity contribution in [3.8, 4) is 0 Å². The lowest BCUT2D eigenvalue weighted by atomic mass is 9.99. The number of likely N-dealkylation sites (N-methyl/N-ethyl adjacent to an activating group) is 1. The standard InChI is InChI=1S/C20H22N2O3/c1-14-19(16-11-7-4-8-12-16)22(20(25)21(14)2)18(24)13-17(23)15-9-5-3-6-10-15/h3-12,14,17,19,23H,13H2,1-2H3/t14-,17-,19-/m0/s1. The minimum absolute atomic E-state index is 0.125. The summed E-state index contributed by atoms with van der Waals surface area (Å²) in [6, 6.07) is 17.7. The highest BCUT2D eigenvalue weighted by molar-refractivity contribution is 5.97. The van der Waals surface area contributed by atoms with Gasteiger partial charge in [0.05, 0.1) is 24.6 Å². The van der Waals surface area contributed by atoms with Crippen molar-refractivity contribution in [2.45, 2.75) is 31.5 Å². The third-order valence-electron chi connectivity index (χ3n) is 4.82.